The van der Waals surface area contributed by atoms with E-state index in [1.165, 1.54) is 16.2 Å². The Morgan fingerprint density at radius 2 is 1.79 bits per heavy atom. The lowest BCUT2D eigenvalue weighted by Gasteiger charge is -2.01. The van der Waals surface area contributed by atoms with Crippen molar-refractivity contribution in [3.8, 4) is 0 Å². The SMILES string of the molecule is [c]1cc2ccc[c]c2c2ccccc12. The van der Waals surface area contributed by atoms with Gasteiger partial charge in [0.25, 0.3) is 0 Å². The quantitative estimate of drug-likeness (QED) is 0.459. The van der Waals surface area contributed by atoms with E-state index in [0.29, 0.717) is 0 Å². The molecule has 2 radical (unpaired) electrons. The average molecular weight is 176 g/mol. The van der Waals surface area contributed by atoms with Crippen LogP contribution in [-0.4, -0.2) is 0 Å². The van der Waals surface area contributed by atoms with Gasteiger partial charge in [0, 0.05) is 0 Å². The van der Waals surface area contributed by atoms with Gasteiger partial charge in [0.15, 0.2) is 0 Å². The van der Waals surface area contributed by atoms with E-state index in [1.54, 1.807) is 0 Å². The first-order valence-electron chi connectivity index (χ1n) is 4.65. The van der Waals surface area contributed by atoms with Crippen molar-refractivity contribution in [3.63, 3.8) is 0 Å². The average Bonchev–Trinajstić information content (AvgIpc) is 2.29. The minimum absolute atomic E-state index is 1.16. The van der Waals surface area contributed by atoms with Gasteiger partial charge in [-0.15, -0.1) is 0 Å². The molecule has 0 N–H and O–H groups in total. The molecule has 14 heavy (non-hydrogen) atoms. The van der Waals surface area contributed by atoms with E-state index in [1.807, 2.05) is 24.3 Å². The molecule has 0 fully saturated rings. The van der Waals surface area contributed by atoms with Gasteiger partial charge in [0.05, 0.1) is 0 Å². The first-order chi connectivity index (χ1) is 6.95. The maximum atomic E-state index is 3.27. The van der Waals surface area contributed by atoms with Gasteiger partial charge in [0.1, 0.15) is 0 Å². The minimum atomic E-state index is 1.16. The Morgan fingerprint density at radius 1 is 0.857 bits per heavy atom. The van der Waals surface area contributed by atoms with Gasteiger partial charge in [-0.2, -0.15) is 0 Å². The van der Waals surface area contributed by atoms with Crippen LogP contribution in [0.25, 0.3) is 21.5 Å². The summed E-state index contributed by atoms with van der Waals surface area (Å²) in [5.74, 6) is 0. The summed E-state index contributed by atoms with van der Waals surface area (Å²) < 4.78 is 0. The van der Waals surface area contributed by atoms with Gasteiger partial charge in [-0.1, -0.05) is 42.5 Å². The molecule has 0 saturated heterocycles. The molecule has 64 valence electrons. The lowest BCUT2D eigenvalue weighted by molar-refractivity contribution is 1.75. The number of hydrogen-bond donors (Lipinski definition) is 0. The smallest absolute Gasteiger partial charge is 0.00262 e. The highest BCUT2D eigenvalue weighted by Gasteiger charge is 1.97. The molecule has 0 spiro atoms. The van der Waals surface area contributed by atoms with E-state index in [2.05, 4.69) is 36.4 Å². The van der Waals surface area contributed by atoms with Crippen LogP contribution in [0.3, 0.4) is 0 Å². The Morgan fingerprint density at radius 3 is 2.79 bits per heavy atom. The summed E-state index contributed by atoms with van der Waals surface area (Å²) in [5, 5.41) is 4.76. The third-order valence-corrected chi connectivity index (χ3v) is 2.47. The fraction of sp³-hybridized carbons (Fsp3) is 0. The monoisotopic (exact) mass is 176 g/mol. The summed E-state index contributed by atoms with van der Waals surface area (Å²) in [5.41, 5.74) is 0. The van der Waals surface area contributed by atoms with Crippen LogP contribution in [-0.2, 0) is 0 Å². The van der Waals surface area contributed by atoms with Crippen LogP contribution in [0.15, 0.2) is 48.5 Å². The van der Waals surface area contributed by atoms with Gasteiger partial charge < -0.3 is 0 Å². The molecule has 0 aliphatic heterocycles. The number of benzene rings is 3. The van der Waals surface area contributed by atoms with E-state index in [0.717, 1.165) is 5.39 Å². The first kappa shape index (κ1) is 7.57. The molecule has 3 aromatic rings. The van der Waals surface area contributed by atoms with Crippen LogP contribution >= 0.6 is 0 Å². The maximum absolute atomic E-state index is 3.27. The number of fused-ring (bicyclic) bond motifs is 3. The van der Waals surface area contributed by atoms with Crippen molar-refractivity contribution < 1.29 is 0 Å². The van der Waals surface area contributed by atoms with Gasteiger partial charge in [-0.25, -0.2) is 0 Å². The molecule has 0 unspecified atom stereocenters. The van der Waals surface area contributed by atoms with Crippen LogP contribution in [0.2, 0.25) is 0 Å². The first-order valence-corrected chi connectivity index (χ1v) is 4.65. The lowest BCUT2D eigenvalue weighted by atomic mass is 10.0. The minimum Gasteiger partial charge on any atom is -0.0616 e. The van der Waals surface area contributed by atoms with Gasteiger partial charge in [0.2, 0.25) is 0 Å². The summed E-state index contributed by atoms with van der Waals surface area (Å²) in [6.07, 6.45) is 0. The highest BCUT2D eigenvalue weighted by molar-refractivity contribution is 6.06. The molecule has 3 aromatic carbocycles. The second-order valence-electron chi connectivity index (χ2n) is 3.33. The van der Waals surface area contributed by atoms with Crippen molar-refractivity contribution in [3.05, 3.63) is 60.7 Å². The largest absolute Gasteiger partial charge is 0.0616 e. The van der Waals surface area contributed by atoms with Crippen LogP contribution < -0.4 is 0 Å². The highest BCUT2D eigenvalue weighted by Crippen LogP contribution is 2.23. The van der Waals surface area contributed by atoms with Crippen LogP contribution in [0, 0.1) is 12.1 Å². The standard InChI is InChI=1S/C14H8/c1-3-7-13-11(5-1)9-10-12-6-2-4-8-14(12)13/h1-7,10H. The molecule has 0 aliphatic carbocycles. The van der Waals surface area contributed by atoms with Crippen molar-refractivity contribution in [2.24, 2.45) is 0 Å². The van der Waals surface area contributed by atoms with Gasteiger partial charge in [-0.05, 0) is 39.7 Å². The normalized spacial score (nSPS) is 10.9. The van der Waals surface area contributed by atoms with Crippen molar-refractivity contribution in [1.29, 1.82) is 0 Å². The molecule has 0 heterocycles. The zero-order valence-corrected chi connectivity index (χ0v) is 7.62. The topological polar surface area (TPSA) is 0 Å². The van der Waals surface area contributed by atoms with Crippen LogP contribution in [0.4, 0.5) is 0 Å². The predicted molar refractivity (Wildman–Crippen MR) is 59.1 cm³/mol. The fourth-order valence-electron chi connectivity index (χ4n) is 1.79. The zero-order chi connectivity index (χ0) is 9.38. The zero-order valence-electron chi connectivity index (χ0n) is 7.62. The molecule has 3 rings (SSSR count). The Bertz CT molecular complexity index is 539. The van der Waals surface area contributed by atoms with Crippen molar-refractivity contribution >= 4 is 21.5 Å². The molecule has 0 saturated carbocycles. The Labute approximate surface area is 82.8 Å². The second kappa shape index (κ2) is 2.85. The molecule has 0 amide bonds. The molecule has 0 aromatic heterocycles. The van der Waals surface area contributed by atoms with E-state index in [9.17, 15) is 0 Å². The van der Waals surface area contributed by atoms with Crippen molar-refractivity contribution in [2.45, 2.75) is 0 Å². The van der Waals surface area contributed by atoms with Gasteiger partial charge in [-0.3, -0.25) is 0 Å². The van der Waals surface area contributed by atoms with Gasteiger partial charge >= 0.3 is 0 Å². The Balaban J connectivity index is 2.61. The van der Waals surface area contributed by atoms with Crippen LogP contribution in [0.1, 0.15) is 0 Å². The van der Waals surface area contributed by atoms with E-state index in [-0.39, 0.29) is 0 Å². The Hall–Kier alpha value is -1.82. The second-order valence-corrected chi connectivity index (χ2v) is 3.33. The molecule has 0 nitrogen and oxygen atoms in total. The molecule has 0 heteroatoms. The third-order valence-electron chi connectivity index (χ3n) is 2.47. The summed E-state index contributed by atoms with van der Waals surface area (Å²) in [6.45, 7) is 0. The van der Waals surface area contributed by atoms with E-state index < -0.39 is 0 Å². The van der Waals surface area contributed by atoms with E-state index >= 15 is 0 Å². The summed E-state index contributed by atoms with van der Waals surface area (Å²) in [7, 11) is 0. The van der Waals surface area contributed by atoms with Crippen molar-refractivity contribution in [1.82, 2.24) is 0 Å². The fourth-order valence-corrected chi connectivity index (χ4v) is 1.79. The summed E-state index contributed by atoms with van der Waals surface area (Å²) in [6, 6.07) is 22.9. The predicted octanol–water partition coefficient (Wildman–Crippen LogP) is 3.59. The Kier molecular flexibility index (Phi) is 1.54. The van der Waals surface area contributed by atoms with E-state index in [4.69, 9.17) is 0 Å². The maximum Gasteiger partial charge on any atom is -0.00262 e. The highest BCUT2D eigenvalue weighted by atomic mass is 14.0. The number of hydrogen-bond acceptors (Lipinski definition) is 0. The number of rotatable bonds is 0. The molecule has 0 atom stereocenters. The van der Waals surface area contributed by atoms with Crippen LogP contribution in [0.5, 0.6) is 0 Å². The third kappa shape index (κ3) is 1.01. The summed E-state index contributed by atoms with van der Waals surface area (Å²) in [4.78, 5) is 0. The summed E-state index contributed by atoms with van der Waals surface area (Å²) >= 11 is 0. The molecular formula is C14H8. The molecule has 0 aliphatic rings. The van der Waals surface area contributed by atoms with Crippen molar-refractivity contribution in [2.75, 3.05) is 0 Å². The molecule has 0 bridgehead atoms. The lowest BCUT2D eigenvalue weighted by Crippen LogP contribution is -1.76. The molecular weight excluding hydrogens is 168 g/mol.